The van der Waals surface area contributed by atoms with Gasteiger partial charge in [0.2, 0.25) is 0 Å². The molecule has 0 spiro atoms. The molecule has 0 saturated heterocycles. The van der Waals surface area contributed by atoms with E-state index in [1.54, 1.807) is 5.01 Å². The number of nitrogens with two attached hydrogens (primary N) is 1. The summed E-state index contributed by atoms with van der Waals surface area (Å²) in [6.45, 7) is 0. The van der Waals surface area contributed by atoms with E-state index >= 15 is 0 Å². The average molecular weight is 387 g/mol. The number of carbonyl (C=O) groups excluding carboxylic acids is 1. The maximum atomic E-state index is 12.7. The van der Waals surface area contributed by atoms with Crippen molar-refractivity contribution in [1.82, 2.24) is 10.0 Å². The maximum Gasteiger partial charge on any atom is 0.161 e. The number of rotatable bonds is 2. The first-order valence-electron chi connectivity index (χ1n) is 7.84. The summed E-state index contributed by atoms with van der Waals surface area (Å²) in [5.41, 5.74) is 9.29. The molecule has 124 valence electrons. The van der Waals surface area contributed by atoms with E-state index in [-0.39, 0.29) is 5.78 Å². The number of ketones is 1. The zero-order chi connectivity index (χ0) is 17.4. The van der Waals surface area contributed by atoms with Crippen LogP contribution in [0, 0.1) is 11.3 Å². The lowest BCUT2D eigenvalue weighted by atomic mass is 9.76. The summed E-state index contributed by atoms with van der Waals surface area (Å²) in [5.74, 6) is 0.112. The molecule has 6 heteroatoms. The second-order valence-corrected chi connectivity index (χ2v) is 7.11. The molecule has 0 amide bonds. The van der Waals surface area contributed by atoms with Crippen molar-refractivity contribution in [2.45, 2.75) is 25.2 Å². The number of hydrazine groups is 1. The molecule has 1 aromatic rings. The Labute approximate surface area is 150 Å². The summed E-state index contributed by atoms with van der Waals surface area (Å²) < 4.78 is 0.913. The number of halogens is 1. The Balaban J connectivity index is 2.27. The van der Waals surface area contributed by atoms with Crippen molar-refractivity contribution >= 4 is 21.7 Å². The molecule has 5 nitrogen and oxygen atoms in total. The normalized spacial score (nSPS) is 21.2. The van der Waals surface area contributed by atoms with Crippen molar-refractivity contribution in [2.75, 3.05) is 14.1 Å². The van der Waals surface area contributed by atoms with Crippen molar-refractivity contribution < 1.29 is 4.79 Å². The fraction of sp³-hybridized carbons (Fsp3) is 0.333. The van der Waals surface area contributed by atoms with Crippen LogP contribution >= 0.6 is 15.9 Å². The van der Waals surface area contributed by atoms with Crippen LogP contribution in [0.2, 0.25) is 0 Å². The van der Waals surface area contributed by atoms with Gasteiger partial charge < -0.3 is 5.73 Å². The summed E-state index contributed by atoms with van der Waals surface area (Å²) in [6.07, 6.45) is 2.11. The maximum absolute atomic E-state index is 12.7. The molecule has 2 aliphatic rings. The molecule has 1 aliphatic heterocycles. The van der Waals surface area contributed by atoms with Crippen LogP contribution in [0.1, 0.15) is 30.7 Å². The molecule has 0 aromatic heterocycles. The molecule has 1 aromatic carbocycles. The van der Waals surface area contributed by atoms with E-state index < -0.39 is 5.92 Å². The summed E-state index contributed by atoms with van der Waals surface area (Å²) in [4.78, 5) is 12.7. The van der Waals surface area contributed by atoms with Gasteiger partial charge in [-0.2, -0.15) is 5.26 Å². The van der Waals surface area contributed by atoms with Gasteiger partial charge in [0.15, 0.2) is 5.78 Å². The van der Waals surface area contributed by atoms with E-state index in [1.165, 1.54) is 0 Å². The Morgan fingerprint density at radius 3 is 2.75 bits per heavy atom. The van der Waals surface area contributed by atoms with E-state index in [1.807, 2.05) is 43.4 Å². The van der Waals surface area contributed by atoms with E-state index in [2.05, 4.69) is 22.0 Å². The van der Waals surface area contributed by atoms with Crippen molar-refractivity contribution in [1.29, 1.82) is 5.26 Å². The number of nitrogens with zero attached hydrogens (tertiary/aromatic N) is 3. The first-order chi connectivity index (χ1) is 11.5. The monoisotopic (exact) mass is 386 g/mol. The van der Waals surface area contributed by atoms with Gasteiger partial charge in [-0.25, -0.2) is 5.01 Å². The number of nitriles is 1. The molecule has 1 aliphatic carbocycles. The third-order valence-electron chi connectivity index (χ3n) is 4.47. The molecule has 3 rings (SSSR count). The quantitative estimate of drug-likeness (QED) is 0.845. The highest BCUT2D eigenvalue weighted by atomic mass is 79.9. The zero-order valence-electron chi connectivity index (χ0n) is 13.7. The van der Waals surface area contributed by atoms with Crippen molar-refractivity contribution in [2.24, 2.45) is 5.73 Å². The molecule has 2 N–H and O–H groups in total. The fourth-order valence-corrected chi connectivity index (χ4v) is 3.96. The van der Waals surface area contributed by atoms with Gasteiger partial charge in [0.25, 0.3) is 0 Å². The highest BCUT2D eigenvalue weighted by Gasteiger charge is 2.40. The Hall–Kier alpha value is -2.10. The van der Waals surface area contributed by atoms with E-state index in [4.69, 9.17) is 5.73 Å². The highest BCUT2D eigenvalue weighted by Crippen LogP contribution is 2.45. The minimum absolute atomic E-state index is 0.105. The first kappa shape index (κ1) is 16.7. The predicted molar refractivity (Wildman–Crippen MR) is 95.1 cm³/mol. The van der Waals surface area contributed by atoms with Crippen LogP contribution in [0.15, 0.2) is 51.4 Å². The van der Waals surface area contributed by atoms with Crippen LogP contribution in [0.3, 0.4) is 0 Å². The largest absolute Gasteiger partial charge is 0.383 e. The van der Waals surface area contributed by atoms with Gasteiger partial charge in [0.1, 0.15) is 5.82 Å². The number of allylic oxidation sites excluding steroid dienone is 3. The number of carbonyl (C=O) groups is 1. The van der Waals surface area contributed by atoms with Gasteiger partial charge in [0, 0.05) is 36.3 Å². The van der Waals surface area contributed by atoms with Crippen LogP contribution in [-0.4, -0.2) is 29.9 Å². The standard InChI is InChI=1S/C18H19BrN4O/c1-22(2)23-14-7-4-8-15(24)17(14)16(13(10-20)18(23)21)11-5-3-6-12(19)9-11/h3,5-6,9,16H,4,7-8,21H2,1-2H3/t16-/m1/s1. The molecule has 0 saturated carbocycles. The van der Waals surface area contributed by atoms with Crippen LogP contribution in [0.25, 0.3) is 0 Å². The zero-order valence-corrected chi connectivity index (χ0v) is 15.3. The molecule has 24 heavy (non-hydrogen) atoms. The first-order valence-corrected chi connectivity index (χ1v) is 8.63. The second kappa shape index (κ2) is 6.42. The Morgan fingerprint density at radius 1 is 1.38 bits per heavy atom. The second-order valence-electron chi connectivity index (χ2n) is 6.19. The summed E-state index contributed by atoms with van der Waals surface area (Å²) in [6, 6.07) is 9.98. The molecular weight excluding hydrogens is 368 g/mol. The number of Topliss-reactive ketones (excluding diaryl/α,β-unsaturated/α-hetero) is 1. The molecule has 1 atom stereocenters. The molecule has 0 fully saturated rings. The van der Waals surface area contributed by atoms with Gasteiger partial charge in [-0.1, -0.05) is 28.1 Å². The minimum Gasteiger partial charge on any atom is -0.383 e. The number of hydrogen-bond acceptors (Lipinski definition) is 5. The average Bonchev–Trinajstić information content (AvgIpc) is 2.53. The van der Waals surface area contributed by atoms with Gasteiger partial charge in [-0.3, -0.25) is 9.80 Å². The van der Waals surface area contributed by atoms with Gasteiger partial charge in [-0.15, -0.1) is 0 Å². The van der Waals surface area contributed by atoms with Gasteiger partial charge in [-0.05, 0) is 30.5 Å². The smallest absolute Gasteiger partial charge is 0.161 e. The van der Waals surface area contributed by atoms with Crippen molar-refractivity contribution in [3.8, 4) is 6.07 Å². The van der Waals surface area contributed by atoms with E-state index in [9.17, 15) is 10.1 Å². The molecular formula is C18H19BrN4O. The third-order valence-corrected chi connectivity index (χ3v) is 4.96. The fourth-order valence-electron chi connectivity index (χ4n) is 3.54. The van der Waals surface area contributed by atoms with Crippen LogP contribution in [0.4, 0.5) is 0 Å². The lowest BCUT2D eigenvalue weighted by Crippen LogP contribution is -2.45. The predicted octanol–water partition coefficient (Wildman–Crippen LogP) is 3.03. The van der Waals surface area contributed by atoms with Crippen LogP contribution in [0.5, 0.6) is 0 Å². The Bertz CT molecular complexity index is 803. The molecule has 0 bridgehead atoms. The Kier molecular flexibility index (Phi) is 4.48. The van der Waals surface area contributed by atoms with Crippen LogP contribution < -0.4 is 5.73 Å². The molecule has 0 radical (unpaired) electrons. The lowest BCUT2D eigenvalue weighted by molar-refractivity contribution is -0.116. The van der Waals surface area contributed by atoms with Crippen molar-refractivity contribution in [3.05, 3.63) is 57.0 Å². The van der Waals surface area contributed by atoms with Crippen molar-refractivity contribution in [3.63, 3.8) is 0 Å². The molecule has 0 unspecified atom stereocenters. The SMILES string of the molecule is CN(C)N1C(N)=C(C#N)[C@@H](c2cccc(Br)c2)C2=C1CCCC2=O. The summed E-state index contributed by atoms with van der Waals surface area (Å²) in [5, 5.41) is 13.4. The topological polar surface area (TPSA) is 73.4 Å². The molecule has 1 heterocycles. The minimum atomic E-state index is -0.397. The Morgan fingerprint density at radius 2 is 2.12 bits per heavy atom. The van der Waals surface area contributed by atoms with Crippen LogP contribution in [-0.2, 0) is 4.79 Å². The highest BCUT2D eigenvalue weighted by molar-refractivity contribution is 9.10. The van der Waals surface area contributed by atoms with E-state index in [0.29, 0.717) is 23.4 Å². The van der Waals surface area contributed by atoms with Gasteiger partial charge >= 0.3 is 0 Å². The van der Waals surface area contributed by atoms with Gasteiger partial charge in [0.05, 0.1) is 17.6 Å². The lowest BCUT2D eigenvalue weighted by Gasteiger charge is -2.42. The number of hydrogen-bond donors (Lipinski definition) is 1. The number of benzene rings is 1. The third kappa shape index (κ3) is 2.64. The van der Waals surface area contributed by atoms with E-state index in [0.717, 1.165) is 28.6 Å². The summed E-state index contributed by atoms with van der Waals surface area (Å²) in [7, 11) is 3.73. The summed E-state index contributed by atoms with van der Waals surface area (Å²) >= 11 is 3.47.